The van der Waals surface area contributed by atoms with E-state index in [0.717, 1.165) is 24.4 Å². The number of hydrogen-bond donors (Lipinski definition) is 1. The summed E-state index contributed by atoms with van der Waals surface area (Å²) in [5.74, 6) is 0.811. The van der Waals surface area contributed by atoms with Crippen molar-refractivity contribution in [2.45, 2.75) is 19.4 Å². The average Bonchev–Trinajstić information content (AvgIpc) is 2.56. The highest BCUT2D eigenvalue weighted by atomic mass is 16.5. The van der Waals surface area contributed by atoms with Gasteiger partial charge in [0.05, 0.1) is 13.2 Å². The number of ether oxygens (including phenoxy) is 1. The minimum atomic E-state index is -0.450. The van der Waals surface area contributed by atoms with Crippen LogP contribution in [-0.4, -0.2) is 25.3 Å². The summed E-state index contributed by atoms with van der Waals surface area (Å²) in [7, 11) is 1.64. The van der Waals surface area contributed by atoms with Crippen molar-refractivity contribution in [3.8, 4) is 5.75 Å². The third-order valence-electron chi connectivity index (χ3n) is 3.68. The van der Waals surface area contributed by atoms with Crippen LogP contribution in [0.25, 0.3) is 0 Å². The molecule has 0 spiro atoms. The molecular weight excluding hydrogens is 262 g/mol. The molecule has 0 heterocycles. The van der Waals surface area contributed by atoms with Crippen molar-refractivity contribution in [2.75, 3.05) is 25.1 Å². The van der Waals surface area contributed by atoms with Crippen LogP contribution in [0.2, 0.25) is 0 Å². The number of para-hydroxylation sites is 1. The lowest BCUT2D eigenvalue weighted by molar-refractivity contribution is 0.169. The zero-order chi connectivity index (χ0) is 15.1. The van der Waals surface area contributed by atoms with Gasteiger partial charge in [0.15, 0.2) is 0 Å². The Hall–Kier alpha value is -2.00. The number of aliphatic hydroxyl groups is 1. The second-order valence-corrected chi connectivity index (χ2v) is 4.99. The van der Waals surface area contributed by atoms with Gasteiger partial charge in [-0.15, -0.1) is 0 Å². The number of methoxy groups -OCH3 is 1. The van der Waals surface area contributed by atoms with Crippen LogP contribution >= 0.6 is 0 Å². The summed E-state index contributed by atoms with van der Waals surface area (Å²) in [5.41, 5.74) is 2.13. The van der Waals surface area contributed by atoms with E-state index in [-0.39, 0.29) is 0 Å². The van der Waals surface area contributed by atoms with Gasteiger partial charge in [-0.3, -0.25) is 0 Å². The van der Waals surface area contributed by atoms with Gasteiger partial charge in [-0.1, -0.05) is 30.3 Å². The quantitative estimate of drug-likeness (QED) is 0.843. The SMILES string of the molecule is CCN(CCC(O)c1ccc(OC)cc1)c1ccccc1. The first-order valence-electron chi connectivity index (χ1n) is 7.36. The molecule has 1 atom stereocenters. The minimum absolute atomic E-state index is 0.450. The monoisotopic (exact) mass is 285 g/mol. The van der Waals surface area contributed by atoms with Crippen molar-refractivity contribution < 1.29 is 9.84 Å². The zero-order valence-electron chi connectivity index (χ0n) is 12.7. The van der Waals surface area contributed by atoms with Gasteiger partial charge < -0.3 is 14.7 Å². The maximum absolute atomic E-state index is 10.3. The molecule has 0 bridgehead atoms. The van der Waals surface area contributed by atoms with E-state index in [0.29, 0.717) is 6.42 Å². The first kappa shape index (κ1) is 15.4. The molecule has 0 amide bonds. The highest BCUT2D eigenvalue weighted by molar-refractivity contribution is 5.45. The molecule has 2 aromatic carbocycles. The number of aliphatic hydroxyl groups excluding tert-OH is 1. The Bertz CT molecular complexity index is 525. The minimum Gasteiger partial charge on any atom is -0.497 e. The molecule has 1 unspecified atom stereocenters. The maximum atomic E-state index is 10.3. The zero-order valence-corrected chi connectivity index (χ0v) is 12.7. The molecule has 0 radical (unpaired) electrons. The highest BCUT2D eigenvalue weighted by Crippen LogP contribution is 2.22. The average molecular weight is 285 g/mol. The van der Waals surface area contributed by atoms with Gasteiger partial charge in [-0.05, 0) is 43.2 Å². The molecular formula is C18H23NO2. The Morgan fingerprint density at radius 1 is 1.05 bits per heavy atom. The molecule has 21 heavy (non-hydrogen) atoms. The molecule has 1 N–H and O–H groups in total. The topological polar surface area (TPSA) is 32.7 Å². The molecule has 0 aliphatic heterocycles. The predicted molar refractivity (Wildman–Crippen MR) is 86.9 cm³/mol. The third-order valence-corrected chi connectivity index (χ3v) is 3.68. The van der Waals surface area contributed by atoms with E-state index >= 15 is 0 Å². The summed E-state index contributed by atoms with van der Waals surface area (Å²) < 4.78 is 5.13. The second kappa shape index (κ2) is 7.70. The summed E-state index contributed by atoms with van der Waals surface area (Å²) in [6, 6.07) is 17.9. The summed E-state index contributed by atoms with van der Waals surface area (Å²) in [6.07, 6.45) is 0.253. The number of hydrogen-bond acceptors (Lipinski definition) is 3. The van der Waals surface area contributed by atoms with Gasteiger partial charge in [0.1, 0.15) is 5.75 Å². The van der Waals surface area contributed by atoms with Crippen LogP contribution in [0, 0.1) is 0 Å². The lowest BCUT2D eigenvalue weighted by Gasteiger charge is -2.24. The summed E-state index contributed by atoms with van der Waals surface area (Å²) in [6.45, 7) is 3.89. The lowest BCUT2D eigenvalue weighted by atomic mass is 10.1. The normalized spacial score (nSPS) is 12.0. The number of benzene rings is 2. The Balaban J connectivity index is 1.94. The van der Waals surface area contributed by atoms with Gasteiger partial charge in [0.25, 0.3) is 0 Å². The Labute approximate surface area is 126 Å². The van der Waals surface area contributed by atoms with E-state index in [1.165, 1.54) is 5.69 Å². The molecule has 0 saturated heterocycles. The standard InChI is InChI=1S/C18H23NO2/c1-3-19(16-7-5-4-6-8-16)14-13-18(20)15-9-11-17(21-2)12-10-15/h4-12,18,20H,3,13-14H2,1-2H3. The van der Waals surface area contributed by atoms with Gasteiger partial charge in [0.2, 0.25) is 0 Å². The number of anilines is 1. The predicted octanol–water partition coefficient (Wildman–Crippen LogP) is 3.65. The molecule has 0 aromatic heterocycles. The Kier molecular flexibility index (Phi) is 5.64. The van der Waals surface area contributed by atoms with E-state index in [1.54, 1.807) is 7.11 Å². The fourth-order valence-corrected chi connectivity index (χ4v) is 2.38. The van der Waals surface area contributed by atoms with Crippen LogP contribution in [0.1, 0.15) is 25.0 Å². The third kappa shape index (κ3) is 4.23. The fraction of sp³-hybridized carbons (Fsp3) is 0.333. The summed E-state index contributed by atoms with van der Waals surface area (Å²) >= 11 is 0. The van der Waals surface area contributed by atoms with Crippen LogP contribution < -0.4 is 9.64 Å². The van der Waals surface area contributed by atoms with Crippen LogP contribution in [0.4, 0.5) is 5.69 Å². The second-order valence-electron chi connectivity index (χ2n) is 4.99. The van der Waals surface area contributed by atoms with Gasteiger partial charge in [-0.25, -0.2) is 0 Å². The van der Waals surface area contributed by atoms with E-state index in [9.17, 15) is 5.11 Å². The molecule has 2 aromatic rings. The lowest BCUT2D eigenvalue weighted by Crippen LogP contribution is -2.25. The van der Waals surface area contributed by atoms with Crippen molar-refractivity contribution >= 4 is 5.69 Å². The maximum Gasteiger partial charge on any atom is 0.118 e. The van der Waals surface area contributed by atoms with Crippen molar-refractivity contribution in [1.82, 2.24) is 0 Å². The summed E-state index contributed by atoms with van der Waals surface area (Å²) in [4.78, 5) is 2.27. The van der Waals surface area contributed by atoms with E-state index < -0.39 is 6.10 Å². The first-order valence-corrected chi connectivity index (χ1v) is 7.36. The largest absolute Gasteiger partial charge is 0.497 e. The summed E-state index contributed by atoms with van der Waals surface area (Å²) in [5, 5.41) is 10.3. The Morgan fingerprint density at radius 3 is 2.29 bits per heavy atom. The van der Waals surface area contributed by atoms with Crippen molar-refractivity contribution in [1.29, 1.82) is 0 Å². The van der Waals surface area contributed by atoms with Crippen molar-refractivity contribution in [2.24, 2.45) is 0 Å². The molecule has 3 nitrogen and oxygen atoms in total. The molecule has 0 aliphatic carbocycles. The van der Waals surface area contributed by atoms with Gasteiger partial charge in [0, 0.05) is 18.8 Å². The van der Waals surface area contributed by atoms with Crippen LogP contribution in [0.5, 0.6) is 5.75 Å². The number of rotatable bonds is 7. The molecule has 2 rings (SSSR count). The van der Waals surface area contributed by atoms with Gasteiger partial charge >= 0.3 is 0 Å². The molecule has 3 heteroatoms. The van der Waals surface area contributed by atoms with E-state index in [2.05, 4.69) is 24.0 Å². The molecule has 0 saturated carbocycles. The number of nitrogens with zero attached hydrogens (tertiary/aromatic N) is 1. The highest BCUT2D eigenvalue weighted by Gasteiger charge is 2.10. The van der Waals surface area contributed by atoms with Crippen LogP contribution in [0.3, 0.4) is 0 Å². The van der Waals surface area contributed by atoms with Crippen LogP contribution in [0.15, 0.2) is 54.6 Å². The Morgan fingerprint density at radius 2 is 1.71 bits per heavy atom. The van der Waals surface area contributed by atoms with Gasteiger partial charge in [-0.2, -0.15) is 0 Å². The molecule has 0 aliphatic rings. The van der Waals surface area contributed by atoms with Crippen molar-refractivity contribution in [3.63, 3.8) is 0 Å². The molecule has 112 valence electrons. The smallest absolute Gasteiger partial charge is 0.118 e. The fourth-order valence-electron chi connectivity index (χ4n) is 2.38. The first-order chi connectivity index (χ1) is 10.2. The van der Waals surface area contributed by atoms with E-state index in [1.807, 2.05) is 42.5 Å². The van der Waals surface area contributed by atoms with Crippen LogP contribution in [-0.2, 0) is 0 Å². The molecule has 0 fully saturated rings. The van der Waals surface area contributed by atoms with E-state index in [4.69, 9.17) is 4.74 Å². The van der Waals surface area contributed by atoms with Crippen molar-refractivity contribution in [3.05, 3.63) is 60.2 Å².